The van der Waals surface area contributed by atoms with Gasteiger partial charge in [0.15, 0.2) is 0 Å². The molecule has 1 aliphatic carbocycles. The lowest BCUT2D eigenvalue weighted by Gasteiger charge is -2.36. The maximum absolute atomic E-state index is 11.5. The molecule has 0 aromatic carbocycles. The second-order valence-corrected chi connectivity index (χ2v) is 7.97. The molecule has 0 unspecified atom stereocenters. The van der Waals surface area contributed by atoms with Crippen molar-refractivity contribution in [1.82, 2.24) is 0 Å². The zero-order chi connectivity index (χ0) is 13.6. The minimum absolute atomic E-state index is 0.0413. The number of rotatable bonds is 8. The topological polar surface area (TPSA) is 74.6 Å². The van der Waals surface area contributed by atoms with Gasteiger partial charge in [-0.15, -0.1) is 0 Å². The van der Waals surface area contributed by atoms with Gasteiger partial charge in [-0.3, -0.25) is 0 Å². The molecule has 0 spiro atoms. The van der Waals surface area contributed by atoms with E-state index in [1.807, 2.05) is 0 Å². The lowest BCUT2D eigenvalue weighted by molar-refractivity contribution is -0.00191. The van der Waals surface area contributed by atoms with Gasteiger partial charge in [0.1, 0.15) is 9.84 Å². The Labute approximate surface area is 110 Å². The molecule has 0 aliphatic heterocycles. The van der Waals surface area contributed by atoms with E-state index in [4.69, 9.17) is 0 Å². The molecule has 1 aliphatic rings. The van der Waals surface area contributed by atoms with Crippen molar-refractivity contribution in [3.8, 4) is 0 Å². The predicted molar refractivity (Wildman–Crippen MR) is 72.1 cm³/mol. The number of hydrogen-bond donors (Lipinski definition) is 2. The van der Waals surface area contributed by atoms with Crippen molar-refractivity contribution in [2.45, 2.75) is 45.4 Å². The quantitative estimate of drug-likeness (QED) is 0.703. The van der Waals surface area contributed by atoms with Gasteiger partial charge in [-0.25, -0.2) is 8.42 Å². The van der Waals surface area contributed by atoms with Gasteiger partial charge in [0.25, 0.3) is 0 Å². The van der Waals surface area contributed by atoms with Crippen LogP contribution in [0.2, 0.25) is 0 Å². The molecule has 108 valence electrons. The van der Waals surface area contributed by atoms with E-state index in [1.165, 1.54) is 0 Å². The fourth-order valence-corrected chi connectivity index (χ4v) is 3.87. The minimum atomic E-state index is -2.95. The van der Waals surface area contributed by atoms with Crippen LogP contribution in [0.25, 0.3) is 0 Å². The van der Waals surface area contributed by atoms with Crippen LogP contribution in [0.5, 0.6) is 0 Å². The third-order valence-corrected chi connectivity index (χ3v) is 6.21. The summed E-state index contributed by atoms with van der Waals surface area (Å²) in [5.74, 6) is 0.677. The average molecular weight is 278 g/mol. The van der Waals surface area contributed by atoms with Crippen molar-refractivity contribution >= 4 is 9.84 Å². The van der Waals surface area contributed by atoms with Gasteiger partial charge in [0.2, 0.25) is 0 Å². The fraction of sp³-hybridized carbons (Fsp3) is 1.00. The van der Waals surface area contributed by atoms with Crippen LogP contribution in [-0.2, 0) is 9.84 Å². The molecule has 0 aromatic rings. The molecule has 0 heterocycles. The van der Waals surface area contributed by atoms with Crippen LogP contribution in [0, 0.1) is 11.3 Å². The lowest BCUT2D eigenvalue weighted by atomic mass is 9.72. The Morgan fingerprint density at radius 3 is 2.17 bits per heavy atom. The fourth-order valence-electron chi connectivity index (χ4n) is 3.00. The highest BCUT2D eigenvalue weighted by atomic mass is 32.2. The van der Waals surface area contributed by atoms with Crippen LogP contribution in [0.1, 0.15) is 45.4 Å². The molecule has 0 amide bonds. The minimum Gasteiger partial charge on any atom is -0.396 e. The van der Waals surface area contributed by atoms with Crippen molar-refractivity contribution in [2.75, 3.05) is 24.7 Å². The molecule has 0 radical (unpaired) electrons. The van der Waals surface area contributed by atoms with Gasteiger partial charge in [-0.05, 0) is 31.6 Å². The SMILES string of the molecule is CCS(=O)(=O)CCCC(CO)(CO)C1CCCC1. The number of aliphatic hydroxyl groups excluding tert-OH is 2. The smallest absolute Gasteiger partial charge is 0.150 e. The van der Waals surface area contributed by atoms with E-state index in [9.17, 15) is 18.6 Å². The van der Waals surface area contributed by atoms with Crippen molar-refractivity contribution in [1.29, 1.82) is 0 Å². The van der Waals surface area contributed by atoms with Gasteiger partial charge in [-0.1, -0.05) is 19.8 Å². The molecular formula is C13H26O4S. The molecule has 1 fully saturated rings. The normalized spacial score (nSPS) is 18.4. The largest absolute Gasteiger partial charge is 0.396 e. The van der Waals surface area contributed by atoms with E-state index in [0.29, 0.717) is 18.8 Å². The number of sulfone groups is 1. The Hall–Kier alpha value is -0.130. The Bertz CT molecular complexity index is 327. The highest BCUT2D eigenvalue weighted by Gasteiger charge is 2.38. The third-order valence-electron chi connectivity index (χ3n) is 4.42. The average Bonchev–Trinajstić information content (AvgIpc) is 2.89. The first-order valence-electron chi connectivity index (χ1n) is 6.92. The second-order valence-electron chi connectivity index (χ2n) is 5.50. The summed E-state index contributed by atoms with van der Waals surface area (Å²) in [7, 11) is -2.95. The maximum atomic E-state index is 11.5. The van der Waals surface area contributed by atoms with Gasteiger partial charge < -0.3 is 10.2 Å². The summed E-state index contributed by atoms with van der Waals surface area (Å²) in [6.07, 6.45) is 5.53. The van der Waals surface area contributed by atoms with E-state index in [0.717, 1.165) is 25.7 Å². The molecule has 2 N–H and O–H groups in total. The van der Waals surface area contributed by atoms with Crippen LogP contribution in [-0.4, -0.2) is 43.4 Å². The van der Waals surface area contributed by atoms with E-state index in [2.05, 4.69) is 0 Å². The Morgan fingerprint density at radius 1 is 1.17 bits per heavy atom. The maximum Gasteiger partial charge on any atom is 0.150 e. The summed E-state index contributed by atoms with van der Waals surface area (Å²) < 4.78 is 22.9. The summed E-state index contributed by atoms with van der Waals surface area (Å²) in [6, 6.07) is 0. The zero-order valence-electron chi connectivity index (χ0n) is 11.3. The Kier molecular flexibility index (Phi) is 6.08. The summed E-state index contributed by atoms with van der Waals surface area (Å²) in [5, 5.41) is 19.2. The van der Waals surface area contributed by atoms with Crippen LogP contribution in [0.3, 0.4) is 0 Å². The lowest BCUT2D eigenvalue weighted by Crippen LogP contribution is -2.37. The molecule has 1 rings (SSSR count). The Morgan fingerprint density at radius 2 is 1.72 bits per heavy atom. The zero-order valence-corrected chi connectivity index (χ0v) is 12.1. The Balaban J connectivity index is 2.57. The van der Waals surface area contributed by atoms with Gasteiger partial charge in [0, 0.05) is 11.2 Å². The molecule has 5 heteroatoms. The predicted octanol–water partition coefficient (Wildman–Crippen LogP) is 1.36. The summed E-state index contributed by atoms with van der Waals surface area (Å²) in [6.45, 7) is 1.57. The molecule has 0 bridgehead atoms. The van der Waals surface area contributed by atoms with Crippen molar-refractivity contribution < 1.29 is 18.6 Å². The molecule has 4 nitrogen and oxygen atoms in total. The molecule has 1 saturated carbocycles. The summed E-state index contributed by atoms with van der Waals surface area (Å²) >= 11 is 0. The molecule has 0 saturated heterocycles. The van der Waals surface area contributed by atoms with Gasteiger partial charge in [-0.2, -0.15) is 0 Å². The van der Waals surface area contributed by atoms with Crippen molar-refractivity contribution in [3.63, 3.8) is 0 Å². The summed E-state index contributed by atoms with van der Waals surface area (Å²) in [4.78, 5) is 0. The molecular weight excluding hydrogens is 252 g/mol. The van der Waals surface area contributed by atoms with Crippen molar-refractivity contribution in [3.05, 3.63) is 0 Å². The standard InChI is InChI=1S/C13H26O4S/c1-2-18(16,17)9-5-8-13(10-14,11-15)12-6-3-4-7-12/h12,14-15H,2-11H2,1H3. The van der Waals surface area contributed by atoms with E-state index < -0.39 is 15.3 Å². The van der Waals surface area contributed by atoms with Gasteiger partial charge in [0.05, 0.1) is 19.0 Å². The summed E-state index contributed by atoms with van der Waals surface area (Å²) in [5.41, 5.74) is -0.472. The molecule has 0 atom stereocenters. The van der Waals surface area contributed by atoms with Crippen LogP contribution < -0.4 is 0 Å². The van der Waals surface area contributed by atoms with E-state index in [1.54, 1.807) is 6.92 Å². The van der Waals surface area contributed by atoms with E-state index >= 15 is 0 Å². The monoisotopic (exact) mass is 278 g/mol. The molecule has 0 aromatic heterocycles. The van der Waals surface area contributed by atoms with Crippen LogP contribution >= 0.6 is 0 Å². The first-order valence-corrected chi connectivity index (χ1v) is 8.74. The van der Waals surface area contributed by atoms with E-state index in [-0.39, 0.29) is 24.7 Å². The third kappa shape index (κ3) is 3.93. The highest BCUT2D eigenvalue weighted by molar-refractivity contribution is 7.91. The van der Waals surface area contributed by atoms with Gasteiger partial charge >= 0.3 is 0 Å². The van der Waals surface area contributed by atoms with Crippen LogP contribution in [0.15, 0.2) is 0 Å². The highest BCUT2D eigenvalue weighted by Crippen LogP contribution is 2.42. The first kappa shape index (κ1) is 15.9. The number of hydrogen-bond acceptors (Lipinski definition) is 4. The molecule has 18 heavy (non-hydrogen) atoms. The van der Waals surface area contributed by atoms with Crippen LogP contribution in [0.4, 0.5) is 0 Å². The second kappa shape index (κ2) is 6.87. The number of aliphatic hydroxyl groups is 2. The van der Waals surface area contributed by atoms with Crippen molar-refractivity contribution in [2.24, 2.45) is 11.3 Å². The first-order chi connectivity index (χ1) is 8.49.